The first-order chi connectivity index (χ1) is 11.9. The molecule has 1 aromatic carbocycles. The van der Waals surface area contributed by atoms with Crippen molar-refractivity contribution in [1.29, 1.82) is 0 Å². The predicted molar refractivity (Wildman–Crippen MR) is 97.9 cm³/mol. The first-order valence-corrected chi connectivity index (χ1v) is 9.72. The van der Waals surface area contributed by atoms with Gasteiger partial charge in [-0.3, -0.25) is 9.58 Å². The average Bonchev–Trinajstić information content (AvgIpc) is 3.04. The molecule has 122 valence electrons. The van der Waals surface area contributed by atoms with Gasteiger partial charge in [-0.15, -0.1) is 0 Å². The first-order valence-electron chi connectivity index (χ1n) is 8.78. The Morgan fingerprint density at radius 1 is 1.12 bits per heavy atom. The fourth-order valence-corrected chi connectivity index (χ4v) is 4.58. The van der Waals surface area contributed by atoms with E-state index in [1.165, 1.54) is 42.4 Å². The Labute approximate surface area is 146 Å². The van der Waals surface area contributed by atoms with E-state index < -0.39 is 0 Å². The van der Waals surface area contributed by atoms with Gasteiger partial charge in [-0.25, -0.2) is 0 Å². The molecule has 3 nitrogen and oxygen atoms in total. The highest BCUT2D eigenvalue weighted by atomic mass is 32.1. The summed E-state index contributed by atoms with van der Waals surface area (Å²) in [5.74, 6) is 0. The number of hydrogen-bond donors (Lipinski definition) is 0. The van der Waals surface area contributed by atoms with E-state index >= 15 is 0 Å². The van der Waals surface area contributed by atoms with Gasteiger partial charge in [0.15, 0.2) is 0 Å². The van der Waals surface area contributed by atoms with Crippen molar-refractivity contribution in [2.45, 2.75) is 44.4 Å². The molecule has 0 N–H and O–H groups in total. The van der Waals surface area contributed by atoms with Crippen molar-refractivity contribution in [2.75, 3.05) is 0 Å². The molecule has 1 saturated carbocycles. The van der Waals surface area contributed by atoms with E-state index in [-0.39, 0.29) is 0 Å². The van der Waals surface area contributed by atoms with Crippen LogP contribution in [0.4, 0.5) is 0 Å². The van der Waals surface area contributed by atoms with Crippen LogP contribution in [-0.4, -0.2) is 20.7 Å². The lowest BCUT2D eigenvalue weighted by Gasteiger charge is -2.29. The maximum atomic E-state index is 4.81. The Balaban J connectivity index is 1.40. The highest BCUT2D eigenvalue weighted by Gasteiger charge is 2.37. The molecule has 2 aliphatic carbocycles. The van der Waals surface area contributed by atoms with Crippen LogP contribution in [0, 0.1) is 0 Å². The first kappa shape index (κ1) is 14.4. The number of benzene rings is 1. The van der Waals surface area contributed by atoms with Crippen LogP contribution in [0.2, 0.25) is 0 Å². The van der Waals surface area contributed by atoms with Gasteiger partial charge in [-0.05, 0) is 54.3 Å². The van der Waals surface area contributed by atoms with Gasteiger partial charge in [0.05, 0.1) is 12.4 Å². The lowest BCUT2D eigenvalue weighted by Crippen LogP contribution is -2.32. The van der Waals surface area contributed by atoms with Crippen molar-refractivity contribution in [2.24, 2.45) is 0 Å². The standard InChI is InChI=1S/C20H21N3S/c1-2-4-18-15(3-1)5-8-20(18)23(17-6-7-17)14-22-11-9-19(21-22)16-10-12-24-13-16/h1-4,9-13,17,20H,5-8,14H2. The van der Waals surface area contributed by atoms with Gasteiger partial charge in [0.1, 0.15) is 0 Å². The van der Waals surface area contributed by atoms with Crippen molar-refractivity contribution in [3.8, 4) is 11.3 Å². The van der Waals surface area contributed by atoms with E-state index in [9.17, 15) is 0 Å². The molecular weight excluding hydrogens is 314 g/mol. The molecule has 1 fully saturated rings. The zero-order valence-corrected chi connectivity index (χ0v) is 14.5. The zero-order valence-electron chi connectivity index (χ0n) is 13.6. The number of thiophene rings is 1. The summed E-state index contributed by atoms with van der Waals surface area (Å²) in [5.41, 5.74) is 5.38. The van der Waals surface area contributed by atoms with Crippen LogP contribution in [0.15, 0.2) is 53.4 Å². The fourth-order valence-electron chi connectivity index (χ4n) is 3.93. The summed E-state index contributed by atoms with van der Waals surface area (Å²) in [6.45, 7) is 0.897. The van der Waals surface area contributed by atoms with Gasteiger partial charge in [-0.1, -0.05) is 24.3 Å². The van der Waals surface area contributed by atoms with E-state index in [0.29, 0.717) is 6.04 Å². The summed E-state index contributed by atoms with van der Waals surface area (Å²) in [5, 5.41) is 9.09. The molecule has 0 saturated heterocycles. The Kier molecular flexibility index (Phi) is 3.53. The number of nitrogens with zero attached hydrogens (tertiary/aromatic N) is 3. The number of fused-ring (bicyclic) bond motifs is 1. The van der Waals surface area contributed by atoms with Crippen LogP contribution in [-0.2, 0) is 13.1 Å². The Bertz CT molecular complexity index is 832. The molecule has 1 atom stereocenters. The van der Waals surface area contributed by atoms with Gasteiger partial charge in [0.2, 0.25) is 0 Å². The van der Waals surface area contributed by atoms with E-state index in [4.69, 9.17) is 5.10 Å². The predicted octanol–water partition coefficient (Wildman–Crippen LogP) is 4.72. The minimum Gasteiger partial charge on any atom is -0.274 e. The van der Waals surface area contributed by atoms with Crippen LogP contribution in [0.25, 0.3) is 11.3 Å². The largest absolute Gasteiger partial charge is 0.274 e. The molecular formula is C20H21N3S. The van der Waals surface area contributed by atoms with Crippen LogP contribution in [0.3, 0.4) is 0 Å². The van der Waals surface area contributed by atoms with Gasteiger partial charge in [-0.2, -0.15) is 16.4 Å². The minimum absolute atomic E-state index is 0.558. The Morgan fingerprint density at radius 3 is 2.88 bits per heavy atom. The molecule has 2 aliphatic rings. The third-order valence-corrected chi connectivity index (χ3v) is 5.97. The summed E-state index contributed by atoms with van der Waals surface area (Å²) in [7, 11) is 0. The van der Waals surface area contributed by atoms with Crippen LogP contribution >= 0.6 is 11.3 Å². The quantitative estimate of drug-likeness (QED) is 0.672. The molecule has 5 rings (SSSR count). The summed E-state index contributed by atoms with van der Waals surface area (Å²) in [6, 6.07) is 14.5. The molecule has 0 amide bonds. The van der Waals surface area contributed by atoms with Gasteiger partial charge in [0, 0.05) is 29.2 Å². The molecule has 0 aliphatic heterocycles. The molecule has 24 heavy (non-hydrogen) atoms. The summed E-state index contributed by atoms with van der Waals surface area (Å²) < 4.78 is 2.12. The molecule has 0 radical (unpaired) electrons. The molecule has 1 unspecified atom stereocenters. The van der Waals surface area contributed by atoms with E-state index in [2.05, 4.69) is 62.9 Å². The van der Waals surface area contributed by atoms with Crippen LogP contribution < -0.4 is 0 Å². The number of aryl methyl sites for hydroxylation is 1. The zero-order chi connectivity index (χ0) is 15.9. The van der Waals surface area contributed by atoms with Gasteiger partial charge in [0.25, 0.3) is 0 Å². The number of rotatable bonds is 5. The van der Waals surface area contributed by atoms with E-state index in [1.54, 1.807) is 11.3 Å². The van der Waals surface area contributed by atoms with Crippen molar-refractivity contribution in [3.63, 3.8) is 0 Å². The molecule has 2 aromatic heterocycles. The molecule has 0 bridgehead atoms. The topological polar surface area (TPSA) is 21.1 Å². The SMILES string of the molecule is c1ccc2c(c1)CCC2N(Cn1ccc(-c2ccsc2)n1)C1CC1. The minimum atomic E-state index is 0.558. The van der Waals surface area contributed by atoms with Gasteiger partial charge < -0.3 is 0 Å². The maximum Gasteiger partial charge on any atom is 0.0936 e. The van der Waals surface area contributed by atoms with E-state index in [1.807, 2.05) is 0 Å². The summed E-state index contributed by atoms with van der Waals surface area (Å²) in [4.78, 5) is 2.68. The smallest absolute Gasteiger partial charge is 0.0936 e. The molecule has 0 spiro atoms. The third kappa shape index (κ3) is 2.60. The lowest BCUT2D eigenvalue weighted by molar-refractivity contribution is 0.133. The molecule has 3 aromatic rings. The van der Waals surface area contributed by atoms with Crippen molar-refractivity contribution < 1.29 is 0 Å². The van der Waals surface area contributed by atoms with Crippen molar-refractivity contribution in [3.05, 3.63) is 64.5 Å². The molecule has 4 heteroatoms. The second-order valence-electron chi connectivity index (χ2n) is 6.89. The number of hydrogen-bond acceptors (Lipinski definition) is 3. The summed E-state index contributed by atoms with van der Waals surface area (Å²) in [6.07, 6.45) is 7.25. The monoisotopic (exact) mass is 335 g/mol. The van der Waals surface area contributed by atoms with Crippen molar-refractivity contribution >= 4 is 11.3 Å². The lowest BCUT2D eigenvalue weighted by atomic mass is 10.1. The fraction of sp³-hybridized carbons (Fsp3) is 0.350. The van der Waals surface area contributed by atoms with Crippen LogP contribution in [0.1, 0.15) is 36.4 Å². The van der Waals surface area contributed by atoms with E-state index in [0.717, 1.165) is 18.4 Å². The summed E-state index contributed by atoms with van der Waals surface area (Å²) >= 11 is 1.73. The maximum absolute atomic E-state index is 4.81. The highest BCUT2D eigenvalue weighted by molar-refractivity contribution is 7.08. The van der Waals surface area contributed by atoms with Crippen molar-refractivity contribution in [1.82, 2.24) is 14.7 Å². The normalized spacial score (nSPS) is 19.8. The average molecular weight is 335 g/mol. The Morgan fingerprint density at radius 2 is 2.04 bits per heavy atom. The van der Waals surface area contributed by atoms with Crippen LogP contribution in [0.5, 0.6) is 0 Å². The third-order valence-electron chi connectivity index (χ3n) is 5.28. The second-order valence-corrected chi connectivity index (χ2v) is 7.67. The molecule has 2 heterocycles. The second kappa shape index (κ2) is 5.87. The Hall–Kier alpha value is -1.91. The number of aromatic nitrogens is 2. The highest BCUT2D eigenvalue weighted by Crippen LogP contribution is 2.42. The van der Waals surface area contributed by atoms with Gasteiger partial charge >= 0.3 is 0 Å².